The van der Waals surface area contributed by atoms with Crippen LogP contribution < -0.4 is 21.0 Å². The Balaban J connectivity index is 1.49. The summed E-state index contributed by atoms with van der Waals surface area (Å²) in [4.78, 5) is 38.5. The van der Waals surface area contributed by atoms with Crippen molar-refractivity contribution in [3.8, 4) is 0 Å². The second kappa shape index (κ2) is 8.04. The van der Waals surface area contributed by atoms with Gasteiger partial charge in [-0.3, -0.25) is 9.59 Å². The van der Waals surface area contributed by atoms with Gasteiger partial charge < -0.3 is 25.2 Å². The van der Waals surface area contributed by atoms with E-state index >= 15 is 4.39 Å². The summed E-state index contributed by atoms with van der Waals surface area (Å²) in [6.45, 7) is 1.74. The Bertz CT molecular complexity index is 1170. The molecule has 5 rings (SSSR count). The number of fused-ring (bicyclic) bond motifs is 1. The van der Waals surface area contributed by atoms with E-state index in [2.05, 4.69) is 10.6 Å². The molecule has 1 saturated carbocycles. The first-order valence-corrected chi connectivity index (χ1v) is 11.3. The van der Waals surface area contributed by atoms with Crippen LogP contribution in [0.5, 0.6) is 0 Å². The average Bonchev–Trinajstić information content (AvgIpc) is 3.24. The van der Waals surface area contributed by atoms with Gasteiger partial charge in [0.15, 0.2) is 0 Å². The molecule has 2 aliphatic heterocycles. The van der Waals surface area contributed by atoms with Crippen LogP contribution >= 0.6 is 11.6 Å². The van der Waals surface area contributed by atoms with Gasteiger partial charge in [-0.25, -0.2) is 9.18 Å². The Labute approximate surface area is 188 Å². The predicted molar refractivity (Wildman–Crippen MR) is 118 cm³/mol. The van der Waals surface area contributed by atoms with Crippen LogP contribution in [-0.2, 0) is 4.79 Å². The first kappa shape index (κ1) is 21.2. The Morgan fingerprint density at radius 3 is 2.69 bits per heavy atom. The molecule has 3 aliphatic rings. The molecule has 0 spiro atoms. The third-order valence-corrected chi connectivity index (χ3v) is 6.94. The lowest BCUT2D eigenvalue weighted by Gasteiger charge is -2.24. The minimum Gasteiger partial charge on any atom is -0.477 e. The number of hydrogen-bond acceptors (Lipinski definition) is 5. The van der Waals surface area contributed by atoms with Gasteiger partial charge in [-0.2, -0.15) is 0 Å². The van der Waals surface area contributed by atoms with Crippen LogP contribution in [0.25, 0.3) is 10.9 Å². The van der Waals surface area contributed by atoms with Crippen LogP contribution in [0.15, 0.2) is 17.1 Å². The standard InChI is InChI=1S/C22H24ClFN4O4/c23-17-18-13(20(29)14(22(31)32)10-28(18)12-3-4-12)8-15(24)19(17)27-7-5-11(9-27)26-21(30)16-2-1-6-25-16/h8,10-12,16,25H,1-7,9H2,(H,26,30)(H,31,32). The van der Waals surface area contributed by atoms with Crippen molar-refractivity contribution < 1.29 is 19.1 Å². The molecule has 3 N–H and O–H groups in total. The molecule has 0 bridgehead atoms. The van der Waals surface area contributed by atoms with Gasteiger partial charge in [-0.05, 0) is 44.7 Å². The summed E-state index contributed by atoms with van der Waals surface area (Å²) in [5.41, 5.74) is -0.584. The number of nitrogens with zero attached hydrogens (tertiary/aromatic N) is 2. The van der Waals surface area contributed by atoms with Gasteiger partial charge in [0.25, 0.3) is 0 Å². The van der Waals surface area contributed by atoms with Gasteiger partial charge in [-0.15, -0.1) is 0 Å². The molecule has 2 saturated heterocycles. The van der Waals surface area contributed by atoms with Crippen LogP contribution in [0.1, 0.15) is 48.5 Å². The van der Waals surface area contributed by atoms with Gasteiger partial charge >= 0.3 is 5.97 Å². The highest BCUT2D eigenvalue weighted by molar-refractivity contribution is 6.38. The number of nitrogens with one attached hydrogen (secondary N) is 2. The lowest BCUT2D eigenvalue weighted by Crippen LogP contribution is -2.46. The van der Waals surface area contributed by atoms with Crippen molar-refractivity contribution in [2.75, 3.05) is 24.5 Å². The number of carbonyl (C=O) groups is 2. The van der Waals surface area contributed by atoms with Crippen LogP contribution in [0, 0.1) is 5.82 Å². The molecular formula is C22H24ClFN4O4. The molecule has 0 radical (unpaired) electrons. The molecule has 170 valence electrons. The third kappa shape index (κ3) is 3.63. The highest BCUT2D eigenvalue weighted by atomic mass is 35.5. The third-order valence-electron chi connectivity index (χ3n) is 6.58. The Morgan fingerprint density at radius 1 is 1.25 bits per heavy atom. The number of carbonyl (C=O) groups excluding carboxylic acids is 1. The van der Waals surface area contributed by atoms with Crippen molar-refractivity contribution in [3.05, 3.63) is 38.9 Å². The molecule has 2 atom stereocenters. The number of benzene rings is 1. The van der Waals surface area contributed by atoms with Crippen molar-refractivity contribution in [2.45, 2.75) is 50.2 Å². The predicted octanol–water partition coefficient (Wildman–Crippen LogP) is 2.27. The summed E-state index contributed by atoms with van der Waals surface area (Å²) in [5, 5.41) is 15.7. The first-order chi connectivity index (χ1) is 15.3. The summed E-state index contributed by atoms with van der Waals surface area (Å²) >= 11 is 6.68. The minimum absolute atomic E-state index is 0.0283. The monoisotopic (exact) mass is 462 g/mol. The number of rotatable bonds is 5. The number of carboxylic acids is 1. The molecule has 1 aliphatic carbocycles. The fourth-order valence-corrected chi connectivity index (χ4v) is 5.21. The topological polar surface area (TPSA) is 104 Å². The van der Waals surface area contributed by atoms with E-state index in [0.717, 1.165) is 38.3 Å². The van der Waals surface area contributed by atoms with Crippen molar-refractivity contribution >= 4 is 40.1 Å². The second-order valence-corrected chi connectivity index (χ2v) is 9.20. The lowest BCUT2D eigenvalue weighted by molar-refractivity contribution is -0.123. The second-order valence-electron chi connectivity index (χ2n) is 8.82. The molecule has 3 heterocycles. The lowest BCUT2D eigenvalue weighted by atomic mass is 10.1. The number of anilines is 1. The average molecular weight is 463 g/mol. The molecule has 1 aromatic carbocycles. The molecule has 3 fully saturated rings. The zero-order chi connectivity index (χ0) is 22.6. The van der Waals surface area contributed by atoms with E-state index in [1.165, 1.54) is 6.20 Å². The normalized spacial score (nSPS) is 23.1. The van der Waals surface area contributed by atoms with Crippen molar-refractivity contribution in [1.82, 2.24) is 15.2 Å². The van der Waals surface area contributed by atoms with Crippen molar-refractivity contribution in [1.29, 1.82) is 0 Å². The summed E-state index contributed by atoms with van der Waals surface area (Å²) in [5.74, 6) is -2.06. The van der Waals surface area contributed by atoms with Gasteiger partial charge in [0.1, 0.15) is 11.4 Å². The van der Waals surface area contributed by atoms with Crippen molar-refractivity contribution in [2.24, 2.45) is 0 Å². The van der Waals surface area contributed by atoms with Gasteiger partial charge in [0.05, 0.1) is 27.7 Å². The first-order valence-electron chi connectivity index (χ1n) is 10.9. The maximum atomic E-state index is 15.2. The van der Waals surface area contributed by atoms with Crippen LogP contribution in [0.4, 0.5) is 10.1 Å². The summed E-state index contributed by atoms with van der Waals surface area (Å²) in [6.07, 6.45) is 5.43. The Kier molecular flexibility index (Phi) is 5.33. The molecule has 2 aromatic rings. The van der Waals surface area contributed by atoms with Crippen LogP contribution in [0.2, 0.25) is 5.02 Å². The number of aromatic nitrogens is 1. The summed E-state index contributed by atoms with van der Waals surface area (Å²) < 4.78 is 16.9. The zero-order valence-electron chi connectivity index (χ0n) is 17.4. The van der Waals surface area contributed by atoms with E-state index in [1.54, 1.807) is 9.47 Å². The van der Waals surface area contributed by atoms with Crippen molar-refractivity contribution in [3.63, 3.8) is 0 Å². The highest BCUT2D eigenvalue weighted by Crippen LogP contribution is 2.42. The Morgan fingerprint density at radius 2 is 2.03 bits per heavy atom. The van der Waals surface area contributed by atoms with E-state index < -0.39 is 22.8 Å². The largest absolute Gasteiger partial charge is 0.477 e. The number of aromatic carboxylic acids is 1. The zero-order valence-corrected chi connectivity index (χ0v) is 18.1. The maximum absolute atomic E-state index is 15.2. The smallest absolute Gasteiger partial charge is 0.341 e. The van der Waals surface area contributed by atoms with E-state index in [1.807, 2.05) is 0 Å². The van der Waals surface area contributed by atoms with E-state index in [-0.39, 0.29) is 40.1 Å². The summed E-state index contributed by atoms with van der Waals surface area (Å²) in [6, 6.07) is 0.826. The number of amides is 1. The SMILES string of the molecule is O=C(O)c1cn(C2CC2)c2c(Cl)c(N3CCC(NC(=O)C4CCCN4)C3)c(F)cc2c1=O. The number of carboxylic acid groups (broad SMARTS) is 1. The fourth-order valence-electron chi connectivity index (χ4n) is 4.81. The summed E-state index contributed by atoms with van der Waals surface area (Å²) in [7, 11) is 0. The fraction of sp³-hybridized carbons (Fsp3) is 0.500. The van der Waals surface area contributed by atoms with Gasteiger partial charge in [0, 0.05) is 31.4 Å². The molecule has 10 heteroatoms. The molecule has 32 heavy (non-hydrogen) atoms. The van der Waals surface area contributed by atoms with E-state index in [0.29, 0.717) is 25.0 Å². The van der Waals surface area contributed by atoms with Gasteiger partial charge in [0.2, 0.25) is 11.3 Å². The van der Waals surface area contributed by atoms with E-state index in [9.17, 15) is 19.5 Å². The molecule has 2 unspecified atom stereocenters. The van der Waals surface area contributed by atoms with Crippen LogP contribution in [-0.4, -0.2) is 53.3 Å². The van der Waals surface area contributed by atoms with Gasteiger partial charge in [-0.1, -0.05) is 11.6 Å². The van der Waals surface area contributed by atoms with E-state index in [4.69, 9.17) is 11.6 Å². The minimum atomic E-state index is -1.35. The number of hydrogen-bond donors (Lipinski definition) is 3. The van der Waals surface area contributed by atoms with Crippen LogP contribution in [0.3, 0.4) is 0 Å². The molecule has 8 nitrogen and oxygen atoms in total. The highest BCUT2D eigenvalue weighted by Gasteiger charge is 2.33. The quantitative estimate of drug-likeness (QED) is 0.630. The molecular weight excluding hydrogens is 439 g/mol. The maximum Gasteiger partial charge on any atom is 0.341 e. The molecule has 1 amide bonds. The molecule has 1 aromatic heterocycles. The number of halogens is 2. The number of pyridine rings is 1. The Hall–Kier alpha value is -2.65.